The Bertz CT molecular complexity index is 537. The first kappa shape index (κ1) is 15.0. The fraction of sp³-hybridized carbons (Fsp3) is 0.600. The standard InChI is InChI=1S/C15H21NO3S/c1-9-6-4-5-7-15(9,14(18)19)16-13(17)12-8-10(2)20-11(12)3/h8-9H,4-7H2,1-3H3,(H,16,17)(H,18,19). The van der Waals surface area contributed by atoms with Crippen LogP contribution in [0.15, 0.2) is 6.07 Å². The summed E-state index contributed by atoms with van der Waals surface area (Å²) in [6, 6.07) is 1.83. The number of amides is 1. The Morgan fingerprint density at radius 3 is 2.60 bits per heavy atom. The number of carbonyl (C=O) groups is 2. The normalized spacial score (nSPS) is 26.2. The minimum Gasteiger partial charge on any atom is -0.479 e. The molecule has 1 fully saturated rings. The average molecular weight is 295 g/mol. The average Bonchev–Trinajstić information content (AvgIpc) is 2.71. The molecule has 0 aliphatic heterocycles. The molecule has 2 N–H and O–H groups in total. The zero-order valence-corrected chi connectivity index (χ0v) is 13.0. The van der Waals surface area contributed by atoms with Crippen molar-refractivity contribution in [3.63, 3.8) is 0 Å². The SMILES string of the molecule is Cc1cc(C(=O)NC2(C(=O)O)CCCCC2C)c(C)s1. The van der Waals surface area contributed by atoms with Crippen LogP contribution < -0.4 is 5.32 Å². The number of thiophene rings is 1. The van der Waals surface area contributed by atoms with E-state index in [0.717, 1.165) is 29.0 Å². The molecule has 0 spiro atoms. The van der Waals surface area contributed by atoms with Crippen LogP contribution in [0.4, 0.5) is 0 Å². The summed E-state index contributed by atoms with van der Waals surface area (Å²) >= 11 is 1.56. The largest absolute Gasteiger partial charge is 0.479 e. The Balaban J connectivity index is 2.27. The molecular formula is C15H21NO3S. The van der Waals surface area contributed by atoms with Gasteiger partial charge in [-0.15, -0.1) is 11.3 Å². The van der Waals surface area contributed by atoms with Crippen LogP contribution in [0.2, 0.25) is 0 Å². The Kier molecular flexibility index (Phi) is 4.18. The number of aryl methyl sites for hydroxylation is 2. The summed E-state index contributed by atoms with van der Waals surface area (Å²) in [5.74, 6) is -1.22. The molecule has 2 rings (SSSR count). The first-order valence-corrected chi connectivity index (χ1v) is 7.81. The zero-order chi connectivity index (χ0) is 14.9. The smallest absolute Gasteiger partial charge is 0.329 e. The van der Waals surface area contributed by atoms with E-state index in [1.807, 2.05) is 26.8 Å². The first-order chi connectivity index (χ1) is 9.36. The number of carboxylic acids is 1. The second-order valence-corrected chi connectivity index (χ2v) is 7.16. The molecule has 4 nitrogen and oxygen atoms in total. The Morgan fingerprint density at radius 1 is 1.40 bits per heavy atom. The number of hydrogen-bond acceptors (Lipinski definition) is 3. The molecule has 1 aromatic heterocycles. The van der Waals surface area contributed by atoms with Crippen LogP contribution in [-0.2, 0) is 4.79 Å². The summed E-state index contributed by atoms with van der Waals surface area (Å²) < 4.78 is 0. The Hall–Kier alpha value is -1.36. The summed E-state index contributed by atoms with van der Waals surface area (Å²) in [4.78, 5) is 26.2. The fourth-order valence-electron chi connectivity index (χ4n) is 3.03. The highest BCUT2D eigenvalue weighted by Gasteiger charge is 2.46. The van der Waals surface area contributed by atoms with Crippen LogP contribution >= 0.6 is 11.3 Å². The lowest BCUT2D eigenvalue weighted by Gasteiger charge is -2.39. The van der Waals surface area contributed by atoms with Gasteiger partial charge < -0.3 is 10.4 Å². The Labute approximate surface area is 123 Å². The van der Waals surface area contributed by atoms with Crippen molar-refractivity contribution >= 4 is 23.2 Å². The van der Waals surface area contributed by atoms with E-state index >= 15 is 0 Å². The highest BCUT2D eigenvalue weighted by atomic mass is 32.1. The van der Waals surface area contributed by atoms with E-state index in [4.69, 9.17) is 0 Å². The molecule has 1 heterocycles. The number of rotatable bonds is 3. The Morgan fingerprint density at radius 2 is 2.10 bits per heavy atom. The maximum atomic E-state index is 12.4. The maximum Gasteiger partial charge on any atom is 0.329 e. The summed E-state index contributed by atoms with van der Waals surface area (Å²) in [5.41, 5.74) is -0.511. The van der Waals surface area contributed by atoms with Crippen LogP contribution in [0.1, 0.15) is 52.7 Å². The molecule has 2 unspecified atom stereocenters. The van der Waals surface area contributed by atoms with Gasteiger partial charge >= 0.3 is 5.97 Å². The molecular weight excluding hydrogens is 274 g/mol. The van der Waals surface area contributed by atoms with Crippen molar-refractivity contribution in [1.29, 1.82) is 0 Å². The van der Waals surface area contributed by atoms with Crippen molar-refractivity contribution in [2.24, 2.45) is 5.92 Å². The van der Waals surface area contributed by atoms with Crippen LogP contribution in [0.25, 0.3) is 0 Å². The summed E-state index contributed by atoms with van der Waals surface area (Å²) in [7, 11) is 0. The minimum absolute atomic E-state index is 0.0438. The molecule has 1 saturated carbocycles. The number of nitrogens with one attached hydrogen (secondary N) is 1. The number of carbonyl (C=O) groups excluding carboxylic acids is 1. The van der Waals surface area contributed by atoms with E-state index in [9.17, 15) is 14.7 Å². The van der Waals surface area contributed by atoms with Crippen LogP contribution in [0, 0.1) is 19.8 Å². The van der Waals surface area contributed by atoms with Gasteiger partial charge in [-0.2, -0.15) is 0 Å². The number of hydrogen-bond donors (Lipinski definition) is 2. The van der Waals surface area contributed by atoms with Crippen LogP contribution in [-0.4, -0.2) is 22.5 Å². The highest BCUT2D eigenvalue weighted by molar-refractivity contribution is 7.12. The van der Waals surface area contributed by atoms with Crippen molar-refractivity contribution in [3.8, 4) is 0 Å². The third kappa shape index (κ3) is 2.59. The summed E-state index contributed by atoms with van der Waals surface area (Å²) in [5, 5.41) is 12.4. The molecule has 0 radical (unpaired) electrons. The number of aliphatic carboxylic acids is 1. The van der Waals surface area contributed by atoms with Gasteiger partial charge in [-0.25, -0.2) is 4.79 Å². The van der Waals surface area contributed by atoms with Crippen molar-refractivity contribution < 1.29 is 14.7 Å². The summed E-state index contributed by atoms with van der Waals surface area (Å²) in [6.45, 7) is 5.76. The van der Waals surface area contributed by atoms with Gasteiger partial charge in [0.05, 0.1) is 5.56 Å². The predicted octanol–water partition coefficient (Wildman–Crippen LogP) is 3.13. The molecule has 1 aliphatic rings. The van der Waals surface area contributed by atoms with Crippen LogP contribution in [0.3, 0.4) is 0 Å². The number of carboxylic acid groups (broad SMARTS) is 1. The van der Waals surface area contributed by atoms with Gasteiger partial charge in [0, 0.05) is 9.75 Å². The lowest BCUT2D eigenvalue weighted by Crippen LogP contribution is -2.60. The van der Waals surface area contributed by atoms with E-state index in [0.29, 0.717) is 12.0 Å². The predicted molar refractivity (Wildman–Crippen MR) is 79.3 cm³/mol. The van der Waals surface area contributed by atoms with E-state index < -0.39 is 11.5 Å². The minimum atomic E-state index is -1.11. The molecule has 1 aliphatic carbocycles. The maximum absolute atomic E-state index is 12.4. The van der Waals surface area contributed by atoms with Gasteiger partial charge in [0.2, 0.25) is 0 Å². The molecule has 5 heteroatoms. The monoisotopic (exact) mass is 295 g/mol. The zero-order valence-electron chi connectivity index (χ0n) is 12.2. The molecule has 2 atom stereocenters. The molecule has 0 aromatic carbocycles. The van der Waals surface area contributed by atoms with E-state index in [2.05, 4.69) is 5.32 Å². The molecule has 110 valence electrons. The van der Waals surface area contributed by atoms with Crippen LogP contribution in [0.5, 0.6) is 0 Å². The fourth-order valence-corrected chi connectivity index (χ4v) is 3.95. The second-order valence-electron chi connectivity index (χ2n) is 5.70. The molecule has 0 bridgehead atoms. The van der Waals surface area contributed by atoms with Gasteiger partial charge in [-0.05, 0) is 38.7 Å². The topological polar surface area (TPSA) is 66.4 Å². The second kappa shape index (κ2) is 5.56. The van der Waals surface area contributed by atoms with Gasteiger partial charge in [0.15, 0.2) is 0 Å². The quantitative estimate of drug-likeness (QED) is 0.900. The van der Waals surface area contributed by atoms with Gasteiger partial charge in [-0.1, -0.05) is 19.8 Å². The van der Waals surface area contributed by atoms with Gasteiger partial charge in [0.1, 0.15) is 5.54 Å². The van der Waals surface area contributed by atoms with Crippen molar-refractivity contribution in [3.05, 3.63) is 21.4 Å². The van der Waals surface area contributed by atoms with E-state index in [1.54, 1.807) is 11.3 Å². The van der Waals surface area contributed by atoms with Crippen molar-refractivity contribution in [2.75, 3.05) is 0 Å². The van der Waals surface area contributed by atoms with Gasteiger partial charge in [-0.3, -0.25) is 4.79 Å². The van der Waals surface area contributed by atoms with Crippen molar-refractivity contribution in [2.45, 2.75) is 52.0 Å². The van der Waals surface area contributed by atoms with E-state index in [-0.39, 0.29) is 11.8 Å². The van der Waals surface area contributed by atoms with Crippen molar-refractivity contribution in [1.82, 2.24) is 5.32 Å². The first-order valence-electron chi connectivity index (χ1n) is 7.00. The molecule has 1 amide bonds. The molecule has 0 saturated heterocycles. The molecule has 1 aromatic rings. The molecule has 20 heavy (non-hydrogen) atoms. The van der Waals surface area contributed by atoms with E-state index in [1.165, 1.54) is 0 Å². The highest BCUT2D eigenvalue weighted by Crippen LogP contribution is 2.34. The summed E-state index contributed by atoms with van der Waals surface area (Å²) in [6.07, 6.45) is 3.23. The lowest BCUT2D eigenvalue weighted by molar-refractivity contribution is -0.148. The third-order valence-corrected chi connectivity index (χ3v) is 5.27. The third-order valence-electron chi connectivity index (χ3n) is 4.30. The van der Waals surface area contributed by atoms with Gasteiger partial charge in [0.25, 0.3) is 5.91 Å². The lowest BCUT2D eigenvalue weighted by atomic mass is 9.73.